The number of piperidine rings is 1. The predicted octanol–water partition coefficient (Wildman–Crippen LogP) is 0.360. The highest BCUT2D eigenvalue weighted by atomic mass is 32.2. The number of aliphatic hydroxyl groups is 2. The fraction of sp³-hybridized carbons (Fsp3) is 0.540. The molecule has 2 saturated heterocycles. The molecule has 0 bridgehead atoms. The lowest BCUT2D eigenvalue weighted by Gasteiger charge is -2.31. The summed E-state index contributed by atoms with van der Waals surface area (Å²) in [5.41, 5.74) is 11.9. The Bertz CT molecular complexity index is 3520. The van der Waals surface area contributed by atoms with Gasteiger partial charge in [0.05, 0.1) is 31.5 Å². The lowest BCUT2D eigenvalue weighted by Crippen LogP contribution is -2.56. The molecule has 89 heavy (non-hydrogen) atoms. The molecule has 39 heteroatoms. The van der Waals surface area contributed by atoms with E-state index in [9.17, 15) is 75.9 Å². The SMILES string of the molecule is COc1cc(C)c(S(=O)(=O)NC(CC(=O)SCCNC(=O)CCNC(=O)C(O)C(C)(C)COP(=O)(O)OP(=O)(O)OCC2OC(n3cnc4c(N)ncnc43)C(O)C2OP(=O)(O)O)C(=O)NC(Cc2ccc(C(=N)N)cc2)C(=O)N2CCCCC2)c(C)c1C. The van der Waals surface area contributed by atoms with E-state index in [0.717, 1.165) is 36.5 Å². The number of nitrogens with one attached hydrogen (secondary N) is 5. The number of nitrogens with two attached hydrogens (primary N) is 2. The summed E-state index contributed by atoms with van der Waals surface area (Å²) in [4.78, 5) is 121. The van der Waals surface area contributed by atoms with Crippen LogP contribution in [0.15, 0.2) is 47.9 Å². The third kappa shape index (κ3) is 19.8. The monoisotopic (exact) mass is 1350 g/mol. The Kier molecular flexibility index (Phi) is 24.7. The molecule has 2 aromatic carbocycles. The number of sulfonamides is 1. The molecule has 15 N–H and O–H groups in total. The molecular formula is C50H73N12O22P3S2. The van der Waals surface area contributed by atoms with Gasteiger partial charge in [0.25, 0.3) is 0 Å². The predicted molar refractivity (Wildman–Crippen MR) is 317 cm³/mol. The van der Waals surface area contributed by atoms with Gasteiger partial charge in [-0.2, -0.15) is 9.03 Å². The second-order valence-electron chi connectivity index (χ2n) is 21.4. The van der Waals surface area contributed by atoms with Crippen LogP contribution >= 0.6 is 35.2 Å². The van der Waals surface area contributed by atoms with Crippen molar-refractivity contribution in [3.05, 3.63) is 70.8 Å². The zero-order valence-electron chi connectivity index (χ0n) is 49.0. The number of carbonyl (C=O) groups excluding carboxylic acids is 5. The number of ether oxygens (including phenoxy) is 2. The van der Waals surface area contributed by atoms with Gasteiger partial charge in [-0.05, 0) is 68.4 Å². The summed E-state index contributed by atoms with van der Waals surface area (Å²) < 4.78 is 99.2. The Morgan fingerprint density at radius 3 is 2.22 bits per heavy atom. The largest absolute Gasteiger partial charge is 0.496 e. The third-order valence-electron chi connectivity index (χ3n) is 14.2. The highest BCUT2D eigenvalue weighted by Gasteiger charge is 2.50. The number of phosphoric acid groups is 3. The average Bonchev–Trinajstić information content (AvgIpc) is 2.63. The first-order valence-corrected chi connectivity index (χ1v) is 34.3. The van der Waals surface area contributed by atoms with E-state index in [-0.39, 0.29) is 65.0 Å². The Hall–Kier alpha value is -5.88. The minimum atomic E-state index is -5.67. The van der Waals surface area contributed by atoms with Gasteiger partial charge in [0.2, 0.25) is 33.7 Å². The zero-order chi connectivity index (χ0) is 66.0. The van der Waals surface area contributed by atoms with Crippen molar-refractivity contribution in [1.82, 2.24) is 45.1 Å². The molecule has 2 aliphatic rings. The van der Waals surface area contributed by atoms with Crippen LogP contribution in [0.2, 0.25) is 0 Å². The van der Waals surface area contributed by atoms with Crippen LogP contribution in [-0.4, -0.2) is 186 Å². The van der Waals surface area contributed by atoms with E-state index in [1.165, 1.54) is 27.0 Å². The Morgan fingerprint density at radius 1 is 0.921 bits per heavy atom. The first-order chi connectivity index (χ1) is 41.5. The van der Waals surface area contributed by atoms with Crippen LogP contribution in [0.1, 0.15) is 80.0 Å². The van der Waals surface area contributed by atoms with E-state index >= 15 is 0 Å². The maximum absolute atomic E-state index is 14.4. The molecule has 2 aliphatic heterocycles. The number of aromatic nitrogens is 4. The van der Waals surface area contributed by atoms with Crippen LogP contribution in [0.4, 0.5) is 5.82 Å². The van der Waals surface area contributed by atoms with Crippen molar-refractivity contribution in [1.29, 1.82) is 5.41 Å². The minimum absolute atomic E-state index is 0.00197. The molecule has 2 fully saturated rings. The topological polar surface area (TPSA) is 518 Å². The number of fused-ring (bicyclic) bond motifs is 1. The summed E-state index contributed by atoms with van der Waals surface area (Å²) in [5, 5.41) is 36.5. The number of amidine groups is 1. The molecule has 0 saturated carbocycles. The van der Waals surface area contributed by atoms with Gasteiger partial charge in [-0.1, -0.05) is 49.9 Å². The summed E-state index contributed by atoms with van der Waals surface area (Å²) >= 11 is 0.672. The number of imidazole rings is 1. The van der Waals surface area contributed by atoms with E-state index in [4.69, 9.17) is 35.4 Å². The van der Waals surface area contributed by atoms with Crippen LogP contribution in [0.5, 0.6) is 5.75 Å². The van der Waals surface area contributed by atoms with Gasteiger partial charge >= 0.3 is 23.5 Å². The Balaban J connectivity index is 0.992. The Morgan fingerprint density at radius 2 is 1.58 bits per heavy atom. The van der Waals surface area contributed by atoms with Crippen LogP contribution in [0.3, 0.4) is 0 Å². The van der Waals surface area contributed by atoms with E-state index in [1.54, 1.807) is 49.9 Å². The number of nitrogen functional groups attached to an aromatic ring is 2. The molecule has 0 spiro atoms. The second kappa shape index (κ2) is 30.5. The summed E-state index contributed by atoms with van der Waals surface area (Å²) in [7, 11) is -19.8. The van der Waals surface area contributed by atoms with Gasteiger partial charge in [0.1, 0.15) is 59.9 Å². The van der Waals surface area contributed by atoms with E-state index in [2.05, 4.69) is 44.5 Å². The number of thioether (sulfide) groups is 1. The first-order valence-electron chi connectivity index (χ1n) is 27.3. The maximum Gasteiger partial charge on any atom is 0.481 e. The van der Waals surface area contributed by atoms with Crippen molar-refractivity contribution in [2.45, 2.75) is 121 Å². The number of hydrogen-bond donors (Lipinski definition) is 13. The van der Waals surface area contributed by atoms with Gasteiger partial charge in [-0.3, -0.25) is 47.5 Å². The number of amides is 4. The normalized spacial score (nSPS) is 19.8. The molecule has 6 rings (SSSR count). The quantitative estimate of drug-likeness (QED) is 0.0140. The second-order valence-corrected chi connectivity index (χ2v) is 28.4. The highest BCUT2D eigenvalue weighted by molar-refractivity contribution is 8.13. The lowest BCUT2D eigenvalue weighted by molar-refractivity contribution is -0.137. The van der Waals surface area contributed by atoms with Crippen LogP contribution in [-0.2, 0) is 76.7 Å². The molecule has 9 unspecified atom stereocenters. The molecule has 9 atom stereocenters. The molecule has 4 amide bonds. The third-order valence-corrected chi connectivity index (χ3v) is 20.0. The standard InChI is InChI=1S/C50H73N12O22P3S2/c1-27-20-34(79-6)28(2)29(3)41(27)89(77,78)60-32(46(67)59-33(48(69)61-17-8-7-9-18-61)21-30-10-12-31(13-11-30)43(51)52)22-37(64)88-19-16-54-36(63)14-15-55-47(68)42(66)50(4,5)24-81-87(75,76)84-86(73,74)80-23-35-40(83-85(70,71)72)39(65)49(82-35)62-26-58-38-44(53)56-25-57-45(38)62/h10-13,20,25-26,32-33,35,39-40,42,49,60,65-66H,7-9,14-19,21-24H2,1-6H3,(H3,51,52)(H,54,63)(H,55,68)(H,59,67)(H,73,74)(H,75,76)(H2,53,56,57)(H2,70,71,72). The smallest absolute Gasteiger partial charge is 0.481 e. The number of methoxy groups -OCH3 is 1. The van der Waals surface area contributed by atoms with Crippen molar-refractivity contribution in [3.63, 3.8) is 0 Å². The van der Waals surface area contributed by atoms with Gasteiger partial charge in [-0.15, -0.1) is 0 Å². The fourth-order valence-electron chi connectivity index (χ4n) is 9.46. The lowest BCUT2D eigenvalue weighted by atomic mass is 9.87. The van der Waals surface area contributed by atoms with E-state index in [0.29, 0.717) is 52.9 Å². The van der Waals surface area contributed by atoms with Crippen molar-refractivity contribution in [2.24, 2.45) is 11.1 Å². The number of likely N-dealkylation sites (tertiary alicyclic amines) is 1. The van der Waals surface area contributed by atoms with E-state index in [1.807, 2.05) is 0 Å². The molecule has 4 aromatic rings. The number of nitrogens with zero attached hydrogens (tertiary/aromatic N) is 5. The Labute approximate surface area is 514 Å². The summed E-state index contributed by atoms with van der Waals surface area (Å²) in [5.74, 6) is -3.01. The van der Waals surface area contributed by atoms with Gasteiger partial charge < -0.3 is 71.6 Å². The number of aryl methyl sites for hydroxylation is 1. The number of aliphatic hydroxyl groups excluding tert-OH is 2. The van der Waals surface area contributed by atoms with Crippen LogP contribution in [0, 0.1) is 31.6 Å². The molecular weight excluding hydrogens is 1280 g/mol. The molecule has 34 nitrogen and oxygen atoms in total. The van der Waals surface area contributed by atoms with Gasteiger partial charge in [0, 0.05) is 62.2 Å². The fourth-order valence-corrected chi connectivity index (χ4v) is 14.7. The number of benzene rings is 2. The van der Waals surface area contributed by atoms with Crippen molar-refractivity contribution in [2.75, 3.05) is 58.0 Å². The van der Waals surface area contributed by atoms with Gasteiger partial charge in [-0.25, -0.2) is 37.1 Å². The number of rotatable bonds is 31. The summed E-state index contributed by atoms with van der Waals surface area (Å²) in [6, 6.07) is 5.05. The number of hydrogen-bond acceptors (Lipinski definition) is 24. The molecule has 2 aromatic heterocycles. The van der Waals surface area contributed by atoms with Gasteiger partial charge in [0.15, 0.2) is 22.8 Å². The molecule has 4 heterocycles. The first kappa shape index (κ1) is 72.2. The van der Waals surface area contributed by atoms with Crippen molar-refractivity contribution >= 4 is 96.8 Å². The number of phosphoric ester groups is 3. The van der Waals surface area contributed by atoms with Crippen molar-refractivity contribution < 1.29 is 103 Å². The number of anilines is 1. The zero-order valence-corrected chi connectivity index (χ0v) is 53.4. The molecule has 0 aliphatic carbocycles. The van der Waals surface area contributed by atoms with Crippen LogP contribution < -0.4 is 36.9 Å². The van der Waals surface area contributed by atoms with Crippen molar-refractivity contribution in [3.8, 4) is 5.75 Å². The molecule has 0 radical (unpaired) electrons. The van der Waals surface area contributed by atoms with Crippen LogP contribution in [0.25, 0.3) is 11.2 Å². The minimum Gasteiger partial charge on any atom is -0.496 e. The highest BCUT2D eigenvalue weighted by Crippen LogP contribution is 2.61. The number of carbonyl (C=O) groups is 5. The summed E-state index contributed by atoms with van der Waals surface area (Å²) in [6.45, 7) is 5.37. The van der Waals surface area contributed by atoms with E-state index < -0.39 is 130 Å². The average molecular weight is 1350 g/mol. The molecule has 492 valence electrons. The maximum atomic E-state index is 14.4. The summed E-state index contributed by atoms with van der Waals surface area (Å²) in [6.07, 6.45) is -5.85.